The number of carbonyl (C=O) groups is 2. The van der Waals surface area contributed by atoms with Crippen molar-refractivity contribution in [1.82, 2.24) is 15.1 Å². The zero-order chi connectivity index (χ0) is 22.1. The molecule has 2 N–H and O–H groups in total. The van der Waals surface area contributed by atoms with Gasteiger partial charge in [0.05, 0.1) is 36.3 Å². The lowest BCUT2D eigenvalue weighted by Crippen LogP contribution is -2.66. The van der Waals surface area contributed by atoms with E-state index in [1.165, 1.54) is 4.90 Å². The maximum absolute atomic E-state index is 13.7. The summed E-state index contributed by atoms with van der Waals surface area (Å²) in [6, 6.07) is 0.136. The van der Waals surface area contributed by atoms with Crippen molar-refractivity contribution in [3.63, 3.8) is 0 Å². The number of likely N-dealkylation sites (tertiary alicyclic amines) is 1. The summed E-state index contributed by atoms with van der Waals surface area (Å²) in [6.45, 7) is 1.05. The van der Waals surface area contributed by atoms with Gasteiger partial charge in [0.1, 0.15) is 6.10 Å². The fourth-order valence-electron chi connectivity index (χ4n) is 7.85. The number of likely N-dealkylation sites (N-methyl/N-ethyl adjacent to an activating group) is 1. The van der Waals surface area contributed by atoms with Crippen LogP contribution >= 0.6 is 0 Å². The normalized spacial score (nSPS) is 50.0. The van der Waals surface area contributed by atoms with Gasteiger partial charge < -0.3 is 24.8 Å². The van der Waals surface area contributed by atoms with Gasteiger partial charge in [0, 0.05) is 31.1 Å². The molecule has 2 amide bonds. The van der Waals surface area contributed by atoms with Crippen molar-refractivity contribution in [2.24, 2.45) is 23.7 Å². The summed E-state index contributed by atoms with van der Waals surface area (Å²) < 4.78 is 13.4. The van der Waals surface area contributed by atoms with E-state index in [2.05, 4.69) is 5.32 Å². The Balaban J connectivity index is 1.38. The van der Waals surface area contributed by atoms with Crippen LogP contribution in [-0.4, -0.2) is 96.5 Å². The average Bonchev–Trinajstić information content (AvgIpc) is 3.28. The molecule has 6 fully saturated rings. The Morgan fingerprint density at radius 3 is 2.34 bits per heavy atom. The van der Waals surface area contributed by atoms with Gasteiger partial charge in [-0.15, -0.1) is 0 Å². The Bertz CT molecular complexity index is 777. The molecule has 32 heavy (non-hydrogen) atoms. The lowest BCUT2D eigenvalue weighted by molar-refractivity contribution is -0.266. The second-order valence-electron chi connectivity index (χ2n) is 11.2. The Kier molecular flexibility index (Phi) is 5.38. The summed E-state index contributed by atoms with van der Waals surface area (Å²) in [5, 5.41) is 14.8. The molecule has 3 aliphatic carbocycles. The molecule has 6 aliphatic rings. The maximum Gasteiger partial charge on any atom is 0.235 e. The van der Waals surface area contributed by atoms with Crippen LogP contribution in [0.5, 0.6) is 0 Å². The van der Waals surface area contributed by atoms with E-state index in [1.54, 1.807) is 0 Å². The van der Waals surface area contributed by atoms with Crippen molar-refractivity contribution in [2.75, 3.05) is 27.2 Å². The minimum Gasteiger partial charge on any atom is -0.393 e. The van der Waals surface area contributed by atoms with Gasteiger partial charge in [-0.25, -0.2) is 0 Å². The first-order chi connectivity index (χ1) is 15.5. The molecule has 0 aromatic carbocycles. The van der Waals surface area contributed by atoms with Crippen molar-refractivity contribution in [3.8, 4) is 0 Å². The first-order valence-electron chi connectivity index (χ1n) is 12.7. The highest BCUT2D eigenvalue weighted by molar-refractivity contribution is 6.06. The molecular weight excluding hydrogens is 410 g/mol. The van der Waals surface area contributed by atoms with Crippen LogP contribution < -0.4 is 5.32 Å². The Morgan fingerprint density at radius 1 is 0.938 bits per heavy atom. The van der Waals surface area contributed by atoms with Crippen molar-refractivity contribution in [3.05, 3.63) is 0 Å². The minimum absolute atomic E-state index is 0.000396. The number of imide groups is 1. The van der Waals surface area contributed by atoms with Crippen LogP contribution in [0.2, 0.25) is 0 Å². The number of amides is 2. The lowest BCUT2D eigenvalue weighted by Gasteiger charge is -2.53. The standard InChI is InChI=1S/C24H37N3O5/c1-26(2)10-11-27-23(29)18-17-16-12(6-5-7-13(16)28)25-20(17)22-21(19(18)24(27)30)31-14-8-3-4-9-15(14)32-22/h12-22,25,28H,3-11H2,1-2H3. The number of fused-ring (bicyclic) bond motifs is 9. The van der Waals surface area contributed by atoms with Crippen LogP contribution in [0, 0.1) is 23.7 Å². The van der Waals surface area contributed by atoms with Gasteiger partial charge in [-0.1, -0.05) is 12.8 Å². The molecule has 0 radical (unpaired) electrons. The second kappa shape index (κ2) is 8.01. The molecule has 3 saturated heterocycles. The first kappa shape index (κ1) is 21.5. The van der Waals surface area contributed by atoms with Crippen LogP contribution in [0.3, 0.4) is 0 Å². The van der Waals surface area contributed by atoms with Crippen LogP contribution in [-0.2, 0) is 19.1 Å². The third-order valence-corrected chi connectivity index (χ3v) is 9.20. The molecule has 8 heteroatoms. The van der Waals surface area contributed by atoms with Gasteiger partial charge in [0.25, 0.3) is 0 Å². The summed E-state index contributed by atoms with van der Waals surface area (Å²) in [5.41, 5.74) is 0. The molecule has 0 spiro atoms. The highest BCUT2D eigenvalue weighted by atomic mass is 16.6. The summed E-state index contributed by atoms with van der Waals surface area (Å²) in [6.07, 6.45) is 6.04. The molecule has 3 heterocycles. The Morgan fingerprint density at radius 2 is 1.62 bits per heavy atom. The van der Waals surface area contributed by atoms with Crippen LogP contribution in [0.15, 0.2) is 0 Å². The predicted octanol–water partition coefficient (Wildman–Crippen LogP) is 0.376. The molecule has 11 atom stereocenters. The van der Waals surface area contributed by atoms with Crippen molar-refractivity contribution in [1.29, 1.82) is 0 Å². The fourth-order valence-corrected chi connectivity index (χ4v) is 7.85. The monoisotopic (exact) mass is 447 g/mol. The largest absolute Gasteiger partial charge is 0.393 e. The number of rotatable bonds is 3. The second-order valence-corrected chi connectivity index (χ2v) is 11.2. The molecule has 0 aromatic heterocycles. The number of hydrogen-bond donors (Lipinski definition) is 2. The number of nitrogens with zero attached hydrogens (tertiary/aromatic N) is 2. The van der Waals surface area contributed by atoms with Gasteiger partial charge in [0.2, 0.25) is 11.8 Å². The van der Waals surface area contributed by atoms with E-state index in [4.69, 9.17) is 9.47 Å². The van der Waals surface area contributed by atoms with E-state index < -0.39 is 17.9 Å². The highest BCUT2D eigenvalue weighted by Crippen LogP contribution is 2.54. The summed E-state index contributed by atoms with van der Waals surface area (Å²) in [4.78, 5) is 30.9. The van der Waals surface area contributed by atoms with Gasteiger partial charge in [-0.05, 0) is 52.1 Å². The number of hydrogen-bond acceptors (Lipinski definition) is 7. The third kappa shape index (κ3) is 3.13. The van der Waals surface area contributed by atoms with Gasteiger partial charge in [-0.3, -0.25) is 14.5 Å². The summed E-state index contributed by atoms with van der Waals surface area (Å²) in [7, 11) is 3.91. The Labute approximate surface area is 190 Å². The molecule has 8 nitrogen and oxygen atoms in total. The lowest BCUT2D eigenvalue weighted by atomic mass is 9.61. The molecule has 0 bridgehead atoms. The molecular formula is C24H37N3O5. The number of aliphatic hydroxyl groups excluding tert-OH is 1. The highest BCUT2D eigenvalue weighted by Gasteiger charge is 2.69. The third-order valence-electron chi connectivity index (χ3n) is 9.20. The molecule has 6 rings (SSSR count). The van der Waals surface area contributed by atoms with Crippen molar-refractivity contribution < 1.29 is 24.2 Å². The maximum atomic E-state index is 13.7. The SMILES string of the molecule is CN(C)CCN1C(=O)C2C3OC4CCCCC4OC3C3NC4CCCC(O)C4C3C2C1=O. The zero-order valence-corrected chi connectivity index (χ0v) is 19.2. The van der Waals surface area contributed by atoms with E-state index in [0.717, 1.165) is 44.9 Å². The van der Waals surface area contributed by atoms with E-state index in [1.807, 2.05) is 19.0 Å². The number of carbonyl (C=O) groups excluding carboxylic acids is 2. The van der Waals surface area contributed by atoms with Gasteiger partial charge in [-0.2, -0.15) is 0 Å². The Hall–Kier alpha value is -1.06. The first-order valence-corrected chi connectivity index (χ1v) is 12.7. The number of aliphatic hydroxyl groups is 1. The van der Waals surface area contributed by atoms with E-state index in [-0.39, 0.29) is 60.1 Å². The molecule has 178 valence electrons. The molecule has 3 saturated carbocycles. The smallest absolute Gasteiger partial charge is 0.235 e. The topological polar surface area (TPSA) is 91.3 Å². The molecule has 11 unspecified atom stereocenters. The van der Waals surface area contributed by atoms with Gasteiger partial charge in [0.15, 0.2) is 0 Å². The number of nitrogens with one attached hydrogen (secondary N) is 1. The zero-order valence-electron chi connectivity index (χ0n) is 19.2. The van der Waals surface area contributed by atoms with Crippen LogP contribution in [0.4, 0.5) is 0 Å². The van der Waals surface area contributed by atoms with Crippen LogP contribution in [0.1, 0.15) is 44.9 Å². The van der Waals surface area contributed by atoms with E-state index in [9.17, 15) is 14.7 Å². The average molecular weight is 448 g/mol. The van der Waals surface area contributed by atoms with E-state index >= 15 is 0 Å². The minimum atomic E-state index is -0.492. The summed E-state index contributed by atoms with van der Waals surface area (Å²) in [5.74, 6) is -1.15. The quantitative estimate of drug-likeness (QED) is 0.604. The fraction of sp³-hybridized carbons (Fsp3) is 0.917. The number of ether oxygens (including phenoxy) is 2. The van der Waals surface area contributed by atoms with Gasteiger partial charge >= 0.3 is 0 Å². The molecule has 3 aliphatic heterocycles. The van der Waals surface area contributed by atoms with Crippen molar-refractivity contribution in [2.45, 2.75) is 87.5 Å². The van der Waals surface area contributed by atoms with Crippen LogP contribution in [0.25, 0.3) is 0 Å². The predicted molar refractivity (Wildman–Crippen MR) is 116 cm³/mol. The van der Waals surface area contributed by atoms with E-state index in [0.29, 0.717) is 13.1 Å². The van der Waals surface area contributed by atoms with Crippen molar-refractivity contribution >= 4 is 11.8 Å². The summed E-state index contributed by atoms with van der Waals surface area (Å²) >= 11 is 0. The molecule has 0 aromatic rings.